The fourth-order valence-electron chi connectivity index (χ4n) is 2.35. The summed E-state index contributed by atoms with van der Waals surface area (Å²) in [7, 11) is 0. The average Bonchev–Trinajstić information content (AvgIpc) is 2.76. The summed E-state index contributed by atoms with van der Waals surface area (Å²) in [5.74, 6) is 0.860. The smallest absolute Gasteiger partial charge is 0.160 e. The van der Waals surface area contributed by atoms with Gasteiger partial charge in [0, 0.05) is 23.8 Å². The molecule has 3 aromatic rings. The maximum absolute atomic E-state index is 6.19. The molecule has 0 saturated carbocycles. The van der Waals surface area contributed by atoms with Crippen molar-refractivity contribution in [2.45, 2.75) is 25.9 Å². The molecule has 3 rings (SSSR count). The van der Waals surface area contributed by atoms with Crippen molar-refractivity contribution in [1.29, 1.82) is 0 Å². The minimum Gasteiger partial charge on any atom is -0.324 e. The molecule has 0 unspecified atom stereocenters. The van der Waals surface area contributed by atoms with Crippen molar-refractivity contribution in [2.75, 3.05) is 0 Å². The Balaban J connectivity index is 2.25. The Morgan fingerprint density at radius 2 is 1.95 bits per heavy atom. The number of nitrogens with zero attached hydrogens (tertiary/aromatic N) is 3. The van der Waals surface area contributed by atoms with Gasteiger partial charge in [-0.15, -0.1) is 0 Å². The van der Waals surface area contributed by atoms with Gasteiger partial charge < -0.3 is 10.3 Å². The first-order valence-corrected chi connectivity index (χ1v) is 7.18. The first-order valence-electron chi connectivity index (χ1n) is 6.80. The van der Waals surface area contributed by atoms with E-state index in [1.807, 2.05) is 50.2 Å². The van der Waals surface area contributed by atoms with Crippen molar-refractivity contribution in [3.05, 3.63) is 47.6 Å². The quantitative estimate of drug-likeness (QED) is 0.805. The molecule has 108 valence electrons. The molecule has 0 amide bonds. The van der Waals surface area contributed by atoms with Crippen LogP contribution in [-0.2, 0) is 6.54 Å². The molecule has 0 saturated heterocycles. The van der Waals surface area contributed by atoms with E-state index >= 15 is 0 Å². The number of imidazole rings is 1. The van der Waals surface area contributed by atoms with Gasteiger partial charge in [0.25, 0.3) is 0 Å². The Labute approximate surface area is 128 Å². The molecule has 4 nitrogen and oxygen atoms in total. The van der Waals surface area contributed by atoms with Crippen molar-refractivity contribution in [2.24, 2.45) is 5.73 Å². The molecule has 1 aromatic carbocycles. The van der Waals surface area contributed by atoms with Crippen molar-refractivity contribution in [3.8, 4) is 11.4 Å². The van der Waals surface area contributed by atoms with E-state index in [1.54, 1.807) is 6.20 Å². The molecule has 0 atom stereocenters. The van der Waals surface area contributed by atoms with Gasteiger partial charge in [-0.05, 0) is 19.9 Å². The van der Waals surface area contributed by atoms with Crippen LogP contribution in [0.5, 0.6) is 0 Å². The zero-order chi connectivity index (χ0) is 15.0. The highest BCUT2D eigenvalue weighted by Gasteiger charge is 2.19. The molecule has 21 heavy (non-hydrogen) atoms. The van der Waals surface area contributed by atoms with Gasteiger partial charge in [0.15, 0.2) is 5.65 Å². The summed E-state index contributed by atoms with van der Waals surface area (Å²) in [4.78, 5) is 9.11. The second-order valence-electron chi connectivity index (χ2n) is 5.87. The lowest BCUT2D eigenvalue weighted by atomic mass is 10.1. The van der Waals surface area contributed by atoms with Crippen LogP contribution in [-0.4, -0.2) is 20.1 Å². The minimum atomic E-state index is -0.363. The van der Waals surface area contributed by atoms with Gasteiger partial charge in [0.1, 0.15) is 11.3 Å². The van der Waals surface area contributed by atoms with Crippen molar-refractivity contribution in [3.63, 3.8) is 0 Å². The molecule has 0 aliphatic rings. The summed E-state index contributed by atoms with van der Waals surface area (Å²) in [6, 6.07) is 11.9. The number of halogens is 1. The first-order chi connectivity index (χ1) is 9.94. The molecular weight excluding hydrogens is 284 g/mol. The Morgan fingerprint density at radius 1 is 1.24 bits per heavy atom. The van der Waals surface area contributed by atoms with E-state index in [9.17, 15) is 0 Å². The zero-order valence-corrected chi connectivity index (χ0v) is 12.8. The van der Waals surface area contributed by atoms with E-state index in [-0.39, 0.29) is 5.54 Å². The van der Waals surface area contributed by atoms with Gasteiger partial charge in [-0.3, -0.25) is 0 Å². The lowest BCUT2D eigenvalue weighted by Crippen LogP contribution is -2.37. The van der Waals surface area contributed by atoms with E-state index in [4.69, 9.17) is 17.3 Å². The van der Waals surface area contributed by atoms with Crippen LogP contribution in [0.25, 0.3) is 22.6 Å². The third kappa shape index (κ3) is 2.91. The average molecular weight is 301 g/mol. The molecule has 0 aliphatic heterocycles. The highest BCUT2D eigenvalue weighted by Crippen LogP contribution is 2.26. The highest BCUT2D eigenvalue weighted by molar-refractivity contribution is 6.31. The Hall–Kier alpha value is -1.91. The summed E-state index contributed by atoms with van der Waals surface area (Å²) < 4.78 is 2.06. The van der Waals surface area contributed by atoms with Crippen LogP contribution in [0.3, 0.4) is 0 Å². The van der Waals surface area contributed by atoms with Crippen molar-refractivity contribution < 1.29 is 0 Å². The van der Waals surface area contributed by atoms with Crippen LogP contribution in [0, 0.1) is 0 Å². The minimum absolute atomic E-state index is 0.363. The predicted molar refractivity (Wildman–Crippen MR) is 86.2 cm³/mol. The maximum atomic E-state index is 6.19. The van der Waals surface area contributed by atoms with E-state index in [0.29, 0.717) is 11.6 Å². The Morgan fingerprint density at radius 3 is 2.62 bits per heavy atom. The molecule has 0 radical (unpaired) electrons. The van der Waals surface area contributed by atoms with E-state index in [2.05, 4.69) is 14.5 Å². The number of aromatic nitrogens is 3. The molecule has 0 spiro atoms. The number of nitrogens with two attached hydrogens (primary N) is 1. The highest BCUT2D eigenvalue weighted by atomic mass is 35.5. The monoisotopic (exact) mass is 300 g/mol. The van der Waals surface area contributed by atoms with Gasteiger partial charge in [-0.1, -0.05) is 41.9 Å². The van der Waals surface area contributed by atoms with Crippen molar-refractivity contribution in [1.82, 2.24) is 14.5 Å². The number of hydrogen-bond donors (Lipinski definition) is 1. The van der Waals surface area contributed by atoms with Gasteiger partial charge in [0.2, 0.25) is 0 Å². The molecule has 5 heteroatoms. The third-order valence-electron chi connectivity index (χ3n) is 3.15. The van der Waals surface area contributed by atoms with Gasteiger partial charge in [-0.25, -0.2) is 9.97 Å². The summed E-state index contributed by atoms with van der Waals surface area (Å²) in [5, 5.41) is 0.582. The van der Waals surface area contributed by atoms with Gasteiger partial charge in [-0.2, -0.15) is 0 Å². The molecule has 2 aromatic heterocycles. The first kappa shape index (κ1) is 14.0. The number of pyridine rings is 1. The topological polar surface area (TPSA) is 56.7 Å². The van der Waals surface area contributed by atoms with Crippen LogP contribution in [0.2, 0.25) is 5.02 Å². The summed E-state index contributed by atoms with van der Waals surface area (Å²) in [6.07, 6.45) is 1.64. The third-order valence-corrected chi connectivity index (χ3v) is 3.36. The maximum Gasteiger partial charge on any atom is 0.160 e. The second-order valence-corrected chi connectivity index (χ2v) is 6.31. The normalized spacial score (nSPS) is 12.0. The van der Waals surface area contributed by atoms with E-state index < -0.39 is 0 Å². The lowest BCUT2D eigenvalue weighted by Gasteiger charge is -2.21. The number of rotatable bonds is 3. The van der Waals surface area contributed by atoms with Crippen molar-refractivity contribution >= 4 is 22.8 Å². The van der Waals surface area contributed by atoms with E-state index in [0.717, 1.165) is 22.6 Å². The molecular formula is C16H17ClN4. The summed E-state index contributed by atoms with van der Waals surface area (Å²) >= 11 is 6.02. The predicted octanol–water partition coefficient (Wildman–Crippen LogP) is 3.49. The lowest BCUT2D eigenvalue weighted by molar-refractivity contribution is 0.441. The van der Waals surface area contributed by atoms with Crippen LogP contribution in [0.4, 0.5) is 0 Å². The van der Waals surface area contributed by atoms with E-state index in [1.165, 1.54) is 0 Å². The second kappa shape index (κ2) is 5.13. The van der Waals surface area contributed by atoms with Crippen LogP contribution >= 0.6 is 11.6 Å². The standard InChI is InChI=1S/C16H17ClN4/c1-16(2,18)10-21-14(11-6-4-3-5-7-11)20-13-8-12(17)9-19-15(13)21/h3-9H,10,18H2,1-2H3. The number of fused-ring (bicyclic) bond motifs is 1. The Bertz CT molecular complexity index is 772. The molecule has 0 aliphatic carbocycles. The number of benzene rings is 1. The van der Waals surface area contributed by atoms with Gasteiger partial charge >= 0.3 is 0 Å². The van der Waals surface area contributed by atoms with Crippen LogP contribution in [0.1, 0.15) is 13.8 Å². The fourth-order valence-corrected chi connectivity index (χ4v) is 2.50. The molecule has 0 bridgehead atoms. The summed E-state index contributed by atoms with van der Waals surface area (Å²) in [5.41, 5.74) is 8.45. The fraction of sp³-hybridized carbons (Fsp3) is 0.250. The molecule has 2 N–H and O–H groups in total. The number of hydrogen-bond acceptors (Lipinski definition) is 3. The molecule has 0 fully saturated rings. The zero-order valence-electron chi connectivity index (χ0n) is 12.0. The molecule has 2 heterocycles. The van der Waals surface area contributed by atoms with Crippen LogP contribution < -0.4 is 5.73 Å². The van der Waals surface area contributed by atoms with Gasteiger partial charge in [0.05, 0.1) is 5.02 Å². The SMILES string of the molecule is CC(C)(N)Cn1c(-c2ccccc2)nc2cc(Cl)cnc21. The summed E-state index contributed by atoms with van der Waals surface area (Å²) in [6.45, 7) is 4.61. The van der Waals surface area contributed by atoms with Crippen LogP contribution in [0.15, 0.2) is 42.6 Å². The largest absolute Gasteiger partial charge is 0.324 e. The Kier molecular flexibility index (Phi) is 3.43.